The molecule has 0 aliphatic carbocycles. The van der Waals surface area contributed by atoms with Gasteiger partial charge in [0.25, 0.3) is 0 Å². The second-order valence-electron chi connectivity index (χ2n) is 5.01. The van der Waals surface area contributed by atoms with E-state index in [0.717, 1.165) is 17.9 Å². The number of hydrogen-bond acceptors (Lipinski definition) is 2. The van der Waals surface area contributed by atoms with E-state index in [-0.39, 0.29) is 5.91 Å². The molecule has 0 aromatic heterocycles. The topological polar surface area (TPSA) is 38.3 Å². The molecule has 1 amide bonds. The third-order valence-corrected chi connectivity index (χ3v) is 3.24. The van der Waals surface area contributed by atoms with Crippen LogP contribution in [0.1, 0.15) is 24.5 Å². The Morgan fingerprint density at radius 2 is 1.90 bits per heavy atom. The Balaban J connectivity index is 1.78. The van der Waals surface area contributed by atoms with E-state index >= 15 is 0 Å². The van der Waals surface area contributed by atoms with Crippen LogP contribution in [0.5, 0.6) is 5.75 Å². The van der Waals surface area contributed by atoms with Gasteiger partial charge in [0.2, 0.25) is 5.91 Å². The molecule has 0 fully saturated rings. The third-order valence-electron chi connectivity index (χ3n) is 3.24. The van der Waals surface area contributed by atoms with Gasteiger partial charge in [-0.2, -0.15) is 0 Å². The lowest BCUT2D eigenvalue weighted by Gasteiger charge is -2.08. The van der Waals surface area contributed by atoms with Gasteiger partial charge in [-0.3, -0.25) is 4.79 Å². The molecule has 3 nitrogen and oxygen atoms in total. The molecule has 0 heterocycles. The zero-order valence-electron chi connectivity index (χ0n) is 12.6. The van der Waals surface area contributed by atoms with Crippen molar-refractivity contribution in [2.45, 2.75) is 26.7 Å². The molecule has 0 aliphatic rings. The fourth-order valence-corrected chi connectivity index (χ4v) is 1.99. The Hall–Kier alpha value is -2.29. The smallest absolute Gasteiger partial charge is 0.227 e. The molecule has 2 rings (SSSR count). The lowest BCUT2D eigenvalue weighted by atomic mass is 10.1. The predicted octanol–water partition coefficient (Wildman–Crippen LogP) is 3.97. The fraction of sp³-hybridized carbons (Fsp3) is 0.278. The number of nitrogens with one attached hydrogen (secondary N) is 1. The van der Waals surface area contributed by atoms with Crippen LogP contribution < -0.4 is 10.1 Å². The molecule has 2 aromatic carbocycles. The first kappa shape index (κ1) is 15.1. The normalized spacial score (nSPS) is 10.2. The summed E-state index contributed by atoms with van der Waals surface area (Å²) in [7, 11) is 0. The maximum absolute atomic E-state index is 11.9. The molecule has 110 valence electrons. The summed E-state index contributed by atoms with van der Waals surface area (Å²) in [5.41, 5.74) is 3.24. The largest absolute Gasteiger partial charge is 0.493 e. The molecular weight excluding hydrogens is 262 g/mol. The van der Waals surface area contributed by atoms with Crippen LogP contribution in [0.25, 0.3) is 0 Å². The van der Waals surface area contributed by atoms with Gasteiger partial charge in [-0.15, -0.1) is 0 Å². The maximum atomic E-state index is 11.9. The van der Waals surface area contributed by atoms with Gasteiger partial charge in [0.1, 0.15) is 5.75 Å². The fourth-order valence-electron chi connectivity index (χ4n) is 1.99. The molecule has 0 saturated heterocycles. The first-order valence-corrected chi connectivity index (χ1v) is 7.25. The SMILES string of the molecule is CCc1cccc(NC(=O)CCOc2ccc(C)cc2)c1. The molecular formula is C18H21NO2. The Bertz CT molecular complexity index is 590. The monoisotopic (exact) mass is 283 g/mol. The van der Waals surface area contributed by atoms with Gasteiger partial charge in [0, 0.05) is 5.69 Å². The van der Waals surface area contributed by atoms with Gasteiger partial charge in [-0.1, -0.05) is 36.8 Å². The van der Waals surface area contributed by atoms with E-state index in [1.807, 2.05) is 49.4 Å². The summed E-state index contributed by atoms with van der Waals surface area (Å²) in [5.74, 6) is 0.761. The van der Waals surface area contributed by atoms with Gasteiger partial charge in [-0.25, -0.2) is 0 Å². The summed E-state index contributed by atoms with van der Waals surface area (Å²) in [6, 6.07) is 15.7. The number of anilines is 1. The van der Waals surface area contributed by atoms with Crippen LogP contribution in [0.4, 0.5) is 5.69 Å². The lowest BCUT2D eigenvalue weighted by Crippen LogP contribution is -2.15. The number of hydrogen-bond donors (Lipinski definition) is 1. The van der Waals surface area contributed by atoms with Crippen molar-refractivity contribution in [2.75, 3.05) is 11.9 Å². The Kier molecular flexibility index (Phi) is 5.38. The quantitative estimate of drug-likeness (QED) is 0.871. The van der Waals surface area contributed by atoms with Crippen molar-refractivity contribution in [3.8, 4) is 5.75 Å². The highest BCUT2D eigenvalue weighted by atomic mass is 16.5. The number of amides is 1. The summed E-state index contributed by atoms with van der Waals surface area (Å²) >= 11 is 0. The molecule has 0 saturated carbocycles. The van der Waals surface area contributed by atoms with E-state index in [2.05, 4.69) is 18.3 Å². The molecule has 0 unspecified atom stereocenters. The van der Waals surface area contributed by atoms with Crippen molar-refractivity contribution >= 4 is 11.6 Å². The second-order valence-corrected chi connectivity index (χ2v) is 5.01. The average molecular weight is 283 g/mol. The highest BCUT2D eigenvalue weighted by Gasteiger charge is 2.03. The summed E-state index contributed by atoms with van der Waals surface area (Å²) in [6.07, 6.45) is 1.30. The van der Waals surface area contributed by atoms with Gasteiger partial charge in [-0.05, 0) is 43.2 Å². The average Bonchev–Trinajstić information content (AvgIpc) is 2.49. The number of aryl methyl sites for hydroxylation is 2. The summed E-state index contributed by atoms with van der Waals surface area (Å²) < 4.78 is 5.55. The molecule has 3 heteroatoms. The molecule has 2 aromatic rings. The first-order valence-electron chi connectivity index (χ1n) is 7.25. The van der Waals surface area contributed by atoms with Crippen LogP contribution >= 0.6 is 0 Å². The standard InChI is InChI=1S/C18H21NO2/c1-3-15-5-4-6-16(13-15)19-18(20)11-12-21-17-9-7-14(2)8-10-17/h4-10,13H,3,11-12H2,1-2H3,(H,19,20). The van der Waals surface area contributed by atoms with Gasteiger partial charge in [0.15, 0.2) is 0 Å². The number of ether oxygens (including phenoxy) is 1. The summed E-state index contributed by atoms with van der Waals surface area (Å²) in [6.45, 7) is 4.50. The van der Waals surface area contributed by atoms with Crippen LogP contribution in [0.3, 0.4) is 0 Å². The maximum Gasteiger partial charge on any atom is 0.227 e. The zero-order chi connectivity index (χ0) is 15.1. The Labute approximate surface area is 126 Å². The number of benzene rings is 2. The second kappa shape index (κ2) is 7.48. The van der Waals surface area contributed by atoms with Crippen molar-refractivity contribution in [3.63, 3.8) is 0 Å². The minimum Gasteiger partial charge on any atom is -0.493 e. The third kappa shape index (κ3) is 4.95. The highest BCUT2D eigenvalue weighted by molar-refractivity contribution is 5.90. The minimum atomic E-state index is -0.0321. The van der Waals surface area contributed by atoms with Crippen molar-refractivity contribution in [3.05, 3.63) is 59.7 Å². The van der Waals surface area contributed by atoms with E-state index in [9.17, 15) is 4.79 Å². The minimum absolute atomic E-state index is 0.0321. The molecule has 0 spiro atoms. The first-order chi connectivity index (χ1) is 10.2. The number of rotatable bonds is 6. The van der Waals surface area contributed by atoms with Crippen molar-refractivity contribution in [1.29, 1.82) is 0 Å². The number of carbonyl (C=O) groups excluding carboxylic acids is 1. The Morgan fingerprint density at radius 1 is 1.14 bits per heavy atom. The molecule has 1 N–H and O–H groups in total. The van der Waals surface area contributed by atoms with Crippen LogP contribution in [0, 0.1) is 6.92 Å². The van der Waals surface area contributed by atoms with Gasteiger partial charge >= 0.3 is 0 Å². The van der Waals surface area contributed by atoms with Gasteiger partial charge in [0.05, 0.1) is 13.0 Å². The van der Waals surface area contributed by atoms with Crippen molar-refractivity contribution in [2.24, 2.45) is 0 Å². The molecule has 0 radical (unpaired) electrons. The van der Waals surface area contributed by atoms with Crippen LogP contribution in [-0.4, -0.2) is 12.5 Å². The van der Waals surface area contributed by atoms with E-state index in [1.165, 1.54) is 11.1 Å². The molecule has 0 atom stereocenters. The number of carbonyl (C=O) groups is 1. The molecule has 0 aliphatic heterocycles. The van der Waals surface area contributed by atoms with Crippen LogP contribution in [-0.2, 0) is 11.2 Å². The van der Waals surface area contributed by atoms with Gasteiger partial charge < -0.3 is 10.1 Å². The van der Waals surface area contributed by atoms with E-state index < -0.39 is 0 Å². The van der Waals surface area contributed by atoms with Crippen molar-refractivity contribution in [1.82, 2.24) is 0 Å². The van der Waals surface area contributed by atoms with Crippen molar-refractivity contribution < 1.29 is 9.53 Å². The van der Waals surface area contributed by atoms with E-state index in [0.29, 0.717) is 13.0 Å². The predicted molar refractivity (Wildman–Crippen MR) is 85.7 cm³/mol. The van der Waals surface area contributed by atoms with Crippen LogP contribution in [0.15, 0.2) is 48.5 Å². The Morgan fingerprint density at radius 3 is 2.62 bits per heavy atom. The summed E-state index contributed by atoms with van der Waals surface area (Å²) in [4.78, 5) is 11.9. The lowest BCUT2D eigenvalue weighted by molar-refractivity contribution is -0.116. The summed E-state index contributed by atoms with van der Waals surface area (Å²) in [5, 5.41) is 2.89. The van der Waals surface area contributed by atoms with E-state index in [4.69, 9.17) is 4.74 Å². The van der Waals surface area contributed by atoms with Crippen LogP contribution in [0.2, 0.25) is 0 Å². The molecule has 21 heavy (non-hydrogen) atoms. The zero-order valence-corrected chi connectivity index (χ0v) is 12.6. The van der Waals surface area contributed by atoms with E-state index in [1.54, 1.807) is 0 Å². The molecule has 0 bridgehead atoms. The highest BCUT2D eigenvalue weighted by Crippen LogP contribution is 2.13.